The maximum absolute atomic E-state index is 13.5. The highest BCUT2D eigenvalue weighted by molar-refractivity contribution is 7.92. The van der Waals surface area contributed by atoms with Crippen LogP contribution in [0, 0.1) is 11.6 Å². The molecule has 1 aliphatic rings. The van der Waals surface area contributed by atoms with Gasteiger partial charge in [-0.05, 0) is 90.8 Å². The highest BCUT2D eigenvalue weighted by Gasteiger charge is 2.27. The van der Waals surface area contributed by atoms with Gasteiger partial charge >= 0.3 is 0 Å². The zero-order valence-electron chi connectivity index (χ0n) is 24.0. The second-order valence-electron chi connectivity index (χ2n) is 10.1. The fourth-order valence-corrected chi connectivity index (χ4v) is 5.49. The Bertz CT molecular complexity index is 1770. The molecule has 45 heavy (non-hydrogen) atoms. The highest BCUT2D eigenvalue weighted by Crippen LogP contribution is 2.32. The molecule has 0 radical (unpaired) electrons. The molecule has 0 unspecified atom stereocenters. The quantitative estimate of drug-likeness (QED) is 0.233. The smallest absolute Gasteiger partial charge is 0.261 e. The predicted molar refractivity (Wildman–Crippen MR) is 160 cm³/mol. The standard InChI is InChI=1S/C32H29F2N3O7S/c1-21(32(39)35-17-23-4-15-29-30(16-23)44-20-43-29)37(18-22-2-5-24(33)6-3-22)31(38)19-42-27-11-13-28(14-12-27)45(40,41)36-26-9-7-25(34)8-10-26/h2-16,21,36H,17-20H2,1H3,(H,35,39)/t21-/m0/s1. The van der Waals surface area contributed by atoms with E-state index in [-0.39, 0.29) is 36.2 Å². The third-order valence-corrected chi connectivity index (χ3v) is 8.33. The summed E-state index contributed by atoms with van der Waals surface area (Å²) in [6.07, 6.45) is 0. The molecule has 5 rings (SSSR count). The monoisotopic (exact) mass is 637 g/mol. The van der Waals surface area contributed by atoms with Crippen LogP contribution in [-0.2, 0) is 32.7 Å². The molecule has 1 atom stereocenters. The van der Waals surface area contributed by atoms with Crippen LogP contribution in [0.15, 0.2) is 95.9 Å². The van der Waals surface area contributed by atoms with E-state index < -0.39 is 46.1 Å². The van der Waals surface area contributed by atoms with Gasteiger partial charge in [-0.25, -0.2) is 17.2 Å². The van der Waals surface area contributed by atoms with Crippen molar-refractivity contribution in [3.05, 3.63) is 114 Å². The number of anilines is 1. The molecule has 10 nitrogen and oxygen atoms in total. The molecule has 0 bridgehead atoms. The van der Waals surface area contributed by atoms with Gasteiger partial charge < -0.3 is 24.4 Å². The van der Waals surface area contributed by atoms with Crippen LogP contribution < -0.4 is 24.2 Å². The Morgan fingerprint density at radius 2 is 1.49 bits per heavy atom. The number of benzene rings is 4. The van der Waals surface area contributed by atoms with Crippen LogP contribution in [0.4, 0.5) is 14.5 Å². The second kappa shape index (κ2) is 13.6. The maximum Gasteiger partial charge on any atom is 0.261 e. The molecule has 0 fully saturated rings. The van der Waals surface area contributed by atoms with Crippen molar-refractivity contribution in [2.45, 2.75) is 31.0 Å². The van der Waals surface area contributed by atoms with Crippen LogP contribution in [0.2, 0.25) is 0 Å². The minimum Gasteiger partial charge on any atom is -0.484 e. The molecule has 2 amide bonds. The Kier molecular flexibility index (Phi) is 9.48. The predicted octanol–water partition coefficient (Wildman–Crippen LogP) is 4.61. The van der Waals surface area contributed by atoms with Crippen molar-refractivity contribution in [3.63, 3.8) is 0 Å². The Morgan fingerprint density at radius 1 is 0.867 bits per heavy atom. The zero-order valence-corrected chi connectivity index (χ0v) is 24.9. The highest BCUT2D eigenvalue weighted by atomic mass is 32.2. The molecular formula is C32H29F2N3O7S. The summed E-state index contributed by atoms with van der Waals surface area (Å²) < 4.78 is 70.8. The van der Waals surface area contributed by atoms with Crippen LogP contribution >= 0.6 is 0 Å². The number of amides is 2. The number of nitrogens with zero attached hydrogens (tertiary/aromatic N) is 1. The molecule has 1 aliphatic heterocycles. The lowest BCUT2D eigenvalue weighted by molar-refractivity contribution is -0.142. The Balaban J connectivity index is 1.23. The van der Waals surface area contributed by atoms with Crippen molar-refractivity contribution in [1.29, 1.82) is 0 Å². The molecular weight excluding hydrogens is 608 g/mol. The van der Waals surface area contributed by atoms with Gasteiger partial charge in [-0.15, -0.1) is 0 Å². The van der Waals surface area contributed by atoms with Gasteiger partial charge in [0, 0.05) is 18.8 Å². The molecule has 0 aliphatic carbocycles. The van der Waals surface area contributed by atoms with E-state index in [1.54, 1.807) is 25.1 Å². The lowest BCUT2D eigenvalue weighted by Gasteiger charge is -2.28. The fraction of sp³-hybridized carbons (Fsp3) is 0.188. The van der Waals surface area contributed by atoms with Gasteiger partial charge in [0.1, 0.15) is 23.4 Å². The Morgan fingerprint density at radius 3 is 2.18 bits per heavy atom. The van der Waals surface area contributed by atoms with Crippen molar-refractivity contribution in [2.75, 3.05) is 18.1 Å². The van der Waals surface area contributed by atoms with Crippen LogP contribution in [0.25, 0.3) is 0 Å². The van der Waals surface area contributed by atoms with Crippen LogP contribution in [-0.4, -0.2) is 44.6 Å². The molecule has 2 N–H and O–H groups in total. The van der Waals surface area contributed by atoms with E-state index in [1.165, 1.54) is 65.6 Å². The van der Waals surface area contributed by atoms with Crippen LogP contribution in [0.3, 0.4) is 0 Å². The van der Waals surface area contributed by atoms with Crippen molar-refractivity contribution in [1.82, 2.24) is 10.2 Å². The summed E-state index contributed by atoms with van der Waals surface area (Å²) in [5, 5.41) is 2.82. The summed E-state index contributed by atoms with van der Waals surface area (Å²) in [7, 11) is -3.96. The van der Waals surface area contributed by atoms with Crippen molar-refractivity contribution < 1.29 is 41.0 Å². The third kappa shape index (κ3) is 8.06. The van der Waals surface area contributed by atoms with Crippen molar-refractivity contribution >= 4 is 27.5 Å². The second-order valence-corrected chi connectivity index (χ2v) is 11.8. The van der Waals surface area contributed by atoms with Crippen LogP contribution in [0.1, 0.15) is 18.1 Å². The number of rotatable bonds is 12. The van der Waals surface area contributed by atoms with Gasteiger partial charge in [-0.2, -0.15) is 0 Å². The van der Waals surface area contributed by atoms with E-state index in [0.29, 0.717) is 17.1 Å². The fourth-order valence-electron chi connectivity index (χ4n) is 4.43. The maximum atomic E-state index is 13.5. The lowest BCUT2D eigenvalue weighted by atomic mass is 10.1. The molecule has 0 aromatic heterocycles. The molecule has 4 aromatic rings. The number of hydrogen-bond acceptors (Lipinski definition) is 7. The van der Waals surface area contributed by atoms with E-state index in [2.05, 4.69) is 10.0 Å². The third-order valence-electron chi connectivity index (χ3n) is 6.93. The van der Waals surface area contributed by atoms with Gasteiger partial charge in [-0.3, -0.25) is 14.3 Å². The van der Waals surface area contributed by atoms with E-state index in [9.17, 15) is 26.8 Å². The summed E-state index contributed by atoms with van der Waals surface area (Å²) in [6.45, 7) is 1.43. The largest absolute Gasteiger partial charge is 0.484 e. The van der Waals surface area contributed by atoms with Gasteiger partial charge in [0.2, 0.25) is 12.7 Å². The topological polar surface area (TPSA) is 123 Å². The molecule has 13 heteroatoms. The SMILES string of the molecule is C[C@@H](C(=O)NCc1ccc2c(c1)OCO2)N(Cc1ccc(F)cc1)C(=O)COc1ccc(S(=O)(=O)Nc2ccc(F)cc2)cc1. The van der Waals surface area contributed by atoms with E-state index in [1.807, 2.05) is 0 Å². The number of halogens is 2. The normalized spacial score (nSPS) is 12.7. The number of ether oxygens (including phenoxy) is 3. The molecule has 0 spiro atoms. The number of carbonyl (C=O) groups excluding carboxylic acids is 2. The first kappa shape index (κ1) is 31.3. The first-order valence-electron chi connectivity index (χ1n) is 13.8. The molecule has 4 aromatic carbocycles. The number of sulfonamides is 1. The molecule has 1 heterocycles. The minimum absolute atomic E-state index is 0.00726. The van der Waals surface area contributed by atoms with Gasteiger partial charge in [-0.1, -0.05) is 18.2 Å². The van der Waals surface area contributed by atoms with Crippen molar-refractivity contribution in [2.24, 2.45) is 0 Å². The average Bonchev–Trinajstić information content (AvgIpc) is 3.51. The first-order valence-corrected chi connectivity index (χ1v) is 15.3. The Hall–Kier alpha value is -5.17. The number of nitrogens with one attached hydrogen (secondary N) is 2. The number of hydrogen-bond donors (Lipinski definition) is 2. The Labute approximate surface area is 258 Å². The summed E-state index contributed by atoms with van der Waals surface area (Å²) in [4.78, 5) is 27.8. The van der Waals surface area contributed by atoms with Crippen molar-refractivity contribution in [3.8, 4) is 17.2 Å². The number of carbonyl (C=O) groups is 2. The van der Waals surface area contributed by atoms with E-state index >= 15 is 0 Å². The number of fused-ring (bicyclic) bond motifs is 1. The minimum atomic E-state index is -3.96. The summed E-state index contributed by atoms with van der Waals surface area (Å²) >= 11 is 0. The molecule has 0 saturated carbocycles. The van der Waals surface area contributed by atoms with Crippen LogP contribution in [0.5, 0.6) is 17.2 Å². The van der Waals surface area contributed by atoms with Gasteiger partial charge in [0.05, 0.1) is 4.90 Å². The van der Waals surface area contributed by atoms with Gasteiger partial charge in [0.15, 0.2) is 18.1 Å². The summed E-state index contributed by atoms with van der Waals surface area (Å²) in [5.74, 6) is -0.478. The average molecular weight is 638 g/mol. The van der Waals surface area contributed by atoms with Gasteiger partial charge in [0.25, 0.3) is 15.9 Å². The lowest BCUT2D eigenvalue weighted by Crippen LogP contribution is -2.48. The summed E-state index contributed by atoms with van der Waals surface area (Å²) in [6, 6.07) is 20.2. The van der Waals surface area contributed by atoms with E-state index in [0.717, 1.165) is 17.7 Å². The first-order chi connectivity index (χ1) is 21.6. The zero-order chi connectivity index (χ0) is 32.0. The molecule has 0 saturated heterocycles. The summed E-state index contributed by atoms with van der Waals surface area (Å²) in [5.41, 5.74) is 1.57. The van der Waals surface area contributed by atoms with E-state index in [4.69, 9.17) is 14.2 Å². The molecule has 234 valence electrons.